The lowest BCUT2D eigenvalue weighted by molar-refractivity contribution is -0.149. The summed E-state index contributed by atoms with van der Waals surface area (Å²) in [6.45, 7) is 3.14. The SMILES string of the molecule is CCOC(=O)C1CCCN(C(=O)c2ccc(NC(=O)Cc3ccccc3)cc2)C1. The van der Waals surface area contributed by atoms with Gasteiger partial charge in [0.05, 0.1) is 18.9 Å². The summed E-state index contributed by atoms with van der Waals surface area (Å²) in [6, 6.07) is 16.4. The molecule has 29 heavy (non-hydrogen) atoms. The maximum Gasteiger partial charge on any atom is 0.310 e. The molecule has 2 aromatic rings. The minimum Gasteiger partial charge on any atom is -0.466 e. The molecule has 1 aliphatic rings. The summed E-state index contributed by atoms with van der Waals surface area (Å²) in [6.07, 6.45) is 1.82. The van der Waals surface area contributed by atoms with E-state index in [2.05, 4.69) is 5.32 Å². The fourth-order valence-electron chi connectivity index (χ4n) is 3.48. The van der Waals surface area contributed by atoms with Crippen LogP contribution in [0.4, 0.5) is 5.69 Å². The number of hydrogen-bond donors (Lipinski definition) is 1. The Morgan fingerprint density at radius 3 is 2.48 bits per heavy atom. The zero-order chi connectivity index (χ0) is 20.6. The third kappa shape index (κ3) is 5.67. The minimum atomic E-state index is -0.260. The van der Waals surface area contributed by atoms with E-state index < -0.39 is 0 Å². The smallest absolute Gasteiger partial charge is 0.310 e. The average Bonchev–Trinajstić information content (AvgIpc) is 2.75. The van der Waals surface area contributed by atoms with Crippen molar-refractivity contribution in [3.63, 3.8) is 0 Å². The summed E-state index contributed by atoms with van der Waals surface area (Å²) in [4.78, 5) is 38.6. The third-order valence-electron chi connectivity index (χ3n) is 4.95. The van der Waals surface area contributed by atoms with Crippen LogP contribution >= 0.6 is 0 Å². The van der Waals surface area contributed by atoms with Crippen LogP contribution in [-0.4, -0.2) is 42.4 Å². The number of anilines is 1. The summed E-state index contributed by atoms with van der Waals surface area (Å²) >= 11 is 0. The normalized spacial score (nSPS) is 16.2. The van der Waals surface area contributed by atoms with Crippen molar-refractivity contribution < 1.29 is 19.1 Å². The molecule has 3 rings (SSSR count). The Hall–Kier alpha value is -3.15. The minimum absolute atomic E-state index is 0.108. The molecule has 1 saturated heterocycles. The zero-order valence-corrected chi connectivity index (χ0v) is 16.6. The molecule has 1 atom stereocenters. The van der Waals surface area contributed by atoms with E-state index in [1.54, 1.807) is 36.1 Å². The van der Waals surface area contributed by atoms with Crippen LogP contribution in [0.1, 0.15) is 35.7 Å². The maximum absolute atomic E-state index is 12.8. The molecule has 0 spiro atoms. The molecule has 1 fully saturated rings. The molecule has 0 bridgehead atoms. The molecule has 6 heteroatoms. The highest BCUT2D eigenvalue weighted by molar-refractivity contribution is 5.96. The van der Waals surface area contributed by atoms with E-state index in [1.807, 2.05) is 30.3 Å². The van der Waals surface area contributed by atoms with Gasteiger partial charge in [0.1, 0.15) is 0 Å². The number of amides is 2. The van der Waals surface area contributed by atoms with Crippen molar-refractivity contribution in [2.45, 2.75) is 26.2 Å². The Bertz CT molecular complexity index is 849. The quantitative estimate of drug-likeness (QED) is 0.763. The van der Waals surface area contributed by atoms with Crippen molar-refractivity contribution in [3.05, 3.63) is 65.7 Å². The van der Waals surface area contributed by atoms with E-state index >= 15 is 0 Å². The van der Waals surface area contributed by atoms with Crippen LogP contribution in [0.15, 0.2) is 54.6 Å². The Balaban J connectivity index is 1.57. The van der Waals surface area contributed by atoms with Crippen LogP contribution in [0.2, 0.25) is 0 Å². The van der Waals surface area contributed by atoms with E-state index in [4.69, 9.17) is 4.74 Å². The van der Waals surface area contributed by atoms with Gasteiger partial charge in [0.2, 0.25) is 5.91 Å². The Morgan fingerprint density at radius 1 is 1.07 bits per heavy atom. The van der Waals surface area contributed by atoms with Crippen LogP contribution in [0, 0.1) is 5.92 Å². The van der Waals surface area contributed by atoms with Crippen LogP contribution in [0.5, 0.6) is 0 Å². The number of nitrogens with zero attached hydrogens (tertiary/aromatic N) is 1. The first-order valence-corrected chi connectivity index (χ1v) is 9.96. The molecule has 1 N–H and O–H groups in total. The van der Waals surface area contributed by atoms with Gasteiger partial charge in [-0.3, -0.25) is 14.4 Å². The fraction of sp³-hybridized carbons (Fsp3) is 0.348. The molecular weight excluding hydrogens is 368 g/mol. The van der Waals surface area contributed by atoms with E-state index in [0.29, 0.717) is 37.4 Å². The van der Waals surface area contributed by atoms with Crippen LogP contribution < -0.4 is 5.32 Å². The number of carbonyl (C=O) groups excluding carboxylic acids is 3. The third-order valence-corrected chi connectivity index (χ3v) is 4.95. The predicted molar refractivity (Wildman–Crippen MR) is 110 cm³/mol. The lowest BCUT2D eigenvalue weighted by Gasteiger charge is -2.31. The lowest BCUT2D eigenvalue weighted by Crippen LogP contribution is -2.42. The zero-order valence-electron chi connectivity index (χ0n) is 16.6. The van der Waals surface area contributed by atoms with Gasteiger partial charge in [-0.1, -0.05) is 30.3 Å². The molecule has 0 radical (unpaired) electrons. The second kappa shape index (κ2) is 9.87. The highest BCUT2D eigenvalue weighted by atomic mass is 16.5. The topological polar surface area (TPSA) is 75.7 Å². The van der Waals surface area contributed by atoms with Gasteiger partial charge in [-0.15, -0.1) is 0 Å². The first-order valence-electron chi connectivity index (χ1n) is 9.96. The highest BCUT2D eigenvalue weighted by Gasteiger charge is 2.29. The van der Waals surface area contributed by atoms with Crippen LogP contribution in [0.3, 0.4) is 0 Å². The molecule has 1 aliphatic heterocycles. The molecule has 0 saturated carbocycles. The standard InChI is InChI=1S/C23H26N2O4/c1-2-29-23(28)19-9-6-14-25(16-19)22(27)18-10-12-20(13-11-18)24-21(26)15-17-7-4-3-5-8-17/h3-5,7-8,10-13,19H,2,6,9,14-16H2,1H3,(H,24,26). The number of rotatable bonds is 6. The number of ether oxygens (including phenoxy) is 1. The molecule has 1 unspecified atom stereocenters. The second-order valence-corrected chi connectivity index (χ2v) is 7.13. The van der Waals surface area contributed by atoms with Gasteiger partial charge in [-0.2, -0.15) is 0 Å². The number of nitrogens with one attached hydrogen (secondary N) is 1. The largest absolute Gasteiger partial charge is 0.466 e. The van der Waals surface area contributed by atoms with Gasteiger partial charge < -0.3 is 15.0 Å². The van der Waals surface area contributed by atoms with E-state index in [-0.39, 0.29) is 23.7 Å². The second-order valence-electron chi connectivity index (χ2n) is 7.13. The first-order chi connectivity index (χ1) is 14.1. The van der Waals surface area contributed by atoms with E-state index in [1.165, 1.54) is 0 Å². The molecule has 2 aromatic carbocycles. The molecule has 0 aliphatic carbocycles. The van der Waals surface area contributed by atoms with Crippen LogP contribution in [0.25, 0.3) is 0 Å². The summed E-state index contributed by atoms with van der Waals surface area (Å²) in [5, 5.41) is 2.85. The van der Waals surface area contributed by atoms with Crippen molar-refractivity contribution in [3.8, 4) is 0 Å². The molecule has 0 aromatic heterocycles. The summed E-state index contributed by atoms with van der Waals surface area (Å²) in [7, 11) is 0. The Kier molecular flexibility index (Phi) is 7.00. The number of esters is 1. The number of hydrogen-bond acceptors (Lipinski definition) is 4. The van der Waals surface area contributed by atoms with Gasteiger partial charge in [0.15, 0.2) is 0 Å². The summed E-state index contributed by atoms with van der Waals surface area (Å²) in [5.74, 6) is -0.713. The highest BCUT2D eigenvalue weighted by Crippen LogP contribution is 2.21. The lowest BCUT2D eigenvalue weighted by atomic mass is 9.97. The van der Waals surface area contributed by atoms with E-state index in [9.17, 15) is 14.4 Å². The van der Waals surface area contributed by atoms with E-state index in [0.717, 1.165) is 18.4 Å². The van der Waals surface area contributed by atoms with Crippen molar-refractivity contribution >= 4 is 23.5 Å². The van der Waals surface area contributed by atoms with Gasteiger partial charge in [-0.25, -0.2) is 0 Å². The van der Waals surface area contributed by atoms with Crippen molar-refractivity contribution in [1.82, 2.24) is 4.90 Å². The van der Waals surface area contributed by atoms with Gasteiger partial charge >= 0.3 is 5.97 Å². The van der Waals surface area contributed by atoms with Gasteiger partial charge in [0.25, 0.3) is 5.91 Å². The first kappa shape index (κ1) is 20.6. The van der Waals surface area contributed by atoms with Crippen LogP contribution in [-0.2, 0) is 20.7 Å². The van der Waals surface area contributed by atoms with Crippen molar-refractivity contribution in [2.24, 2.45) is 5.92 Å². The van der Waals surface area contributed by atoms with Gasteiger partial charge in [-0.05, 0) is 49.6 Å². The summed E-state index contributed by atoms with van der Waals surface area (Å²) in [5.41, 5.74) is 2.12. The molecule has 2 amide bonds. The molecule has 6 nitrogen and oxygen atoms in total. The summed E-state index contributed by atoms with van der Waals surface area (Å²) < 4.78 is 5.09. The Morgan fingerprint density at radius 2 is 1.79 bits per heavy atom. The average molecular weight is 394 g/mol. The maximum atomic E-state index is 12.8. The van der Waals surface area contributed by atoms with Crippen molar-refractivity contribution in [1.29, 1.82) is 0 Å². The Labute approximate surface area is 170 Å². The predicted octanol–water partition coefficient (Wildman–Crippen LogP) is 3.28. The monoisotopic (exact) mass is 394 g/mol. The number of likely N-dealkylation sites (tertiary alicyclic amines) is 1. The molecular formula is C23H26N2O4. The fourth-order valence-corrected chi connectivity index (χ4v) is 3.48. The molecule has 1 heterocycles. The van der Waals surface area contributed by atoms with Crippen molar-refractivity contribution in [2.75, 3.05) is 25.0 Å². The number of carbonyl (C=O) groups is 3. The number of benzene rings is 2. The van der Waals surface area contributed by atoms with Gasteiger partial charge in [0, 0.05) is 24.3 Å². The number of piperidine rings is 1. The molecule has 152 valence electrons.